The van der Waals surface area contributed by atoms with E-state index in [1.165, 1.54) is 12.8 Å². The number of nitrogens with one attached hydrogen (secondary N) is 1. The minimum Gasteiger partial charge on any atom is -0.381 e. The molecule has 84 valence electrons. The lowest BCUT2D eigenvalue weighted by Gasteiger charge is -2.03. The van der Waals surface area contributed by atoms with E-state index < -0.39 is 0 Å². The van der Waals surface area contributed by atoms with Crippen molar-refractivity contribution in [2.75, 3.05) is 32.2 Å². The van der Waals surface area contributed by atoms with Crippen LogP contribution >= 0.6 is 11.6 Å². The summed E-state index contributed by atoms with van der Waals surface area (Å²) in [5, 5.41) is 3.29. The molecule has 0 radical (unpaired) electrons. The highest BCUT2D eigenvalue weighted by molar-refractivity contribution is 6.18. The highest BCUT2D eigenvalue weighted by Gasteiger charge is 1.88. The molecule has 0 fully saturated rings. The Bertz CT molecular complexity index is 128. The smallest absolute Gasteiger partial charge is 0.0478 e. The Hall–Kier alpha value is -0.0500. The fourth-order valence-corrected chi connectivity index (χ4v) is 1.11. The second-order valence-corrected chi connectivity index (χ2v) is 3.46. The van der Waals surface area contributed by atoms with E-state index in [1.807, 2.05) is 12.2 Å². The number of hydrogen-bond donors (Lipinski definition) is 1. The van der Waals surface area contributed by atoms with Crippen LogP contribution in [0.3, 0.4) is 0 Å². The van der Waals surface area contributed by atoms with E-state index in [2.05, 4.69) is 12.2 Å². The molecule has 0 atom stereocenters. The van der Waals surface area contributed by atoms with Gasteiger partial charge in [0.25, 0.3) is 0 Å². The number of alkyl halides is 1. The van der Waals surface area contributed by atoms with Gasteiger partial charge in [0, 0.05) is 25.6 Å². The van der Waals surface area contributed by atoms with Crippen LogP contribution in [0.15, 0.2) is 12.2 Å². The molecule has 3 heteroatoms. The van der Waals surface area contributed by atoms with Crippen LogP contribution < -0.4 is 5.32 Å². The summed E-state index contributed by atoms with van der Waals surface area (Å²) in [6.07, 6.45) is 7.46. The monoisotopic (exact) mass is 219 g/mol. The van der Waals surface area contributed by atoms with Gasteiger partial charge in [0.05, 0.1) is 0 Å². The fraction of sp³-hybridized carbons (Fsp3) is 0.818. The number of hydrogen-bond acceptors (Lipinski definition) is 2. The molecular weight excluding hydrogens is 198 g/mol. The van der Waals surface area contributed by atoms with Gasteiger partial charge in [-0.25, -0.2) is 0 Å². The molecule has 2 nitrogen and oxygen atoms in total. The van der Waals surface area contributed by atoms with Gasteiger partial charge in [-0.3, -0.25) is 0 Å². The Labute approximate surface area is 92.7 Å². The zero-order valence-electron chi connectivity index (χ0n) is 9.10. The standard InChI is InChI=1S/C11H22ClNO/c1-2-3-10-14-11-6-9-13-8-5-4-7-12/h4-5,13H,2-3,6-11H2,1H3/b5-4+. The lowest BCUT2D eigenvalue weighted by atomic mass is 10.3. The van der Waals surface area contributed by atoms with Gasteiger partial charge in [0.15, 0.2) is 0 Å². The third-order valence-corrected chi connectivity index (χ3v) is 1.98. The molecule has 0 bridgehead atoms. The van der Waals surface area contributed by atoms with Gasteiger partial charge < -0.3 is 10.1 Å². The van der Waals surface area contributed by atoms with Crippen molar-refractivity contribution in [2.45, 2.75) is 26.2 Å². The minimum absolute atomic E-state index is 0.599. The predicted molar refractivity (Wildman–Crippen MR) is 63.1 cm³/mol. The van der Waals surface area contributed by atoms with Crippen LogP contribution in [-0.2, 0) is 4.74 Å². The first-order chi connectivity index (χ1) is 6.91. The van der Waals surface area contributed by atoms with Crippen molar-refractivity contribution in [2.24, 2.45) is 0 Å². The second-order valence-electron chi connectivity index (χ2n) is 3.15. The number of halogens is 1. The molecule has 1 N–H and O–H groups in total. The van der Waals surface area contributed by atoms with Crippen molar-refractivity contribution in [1.29, 1.82) is 0 Å². The van der Waals surface area contributed by atoms with Crippen molar-refractivity contribution in [3.8, 4) is 0 Å². The maximum Gasteiger partial charge on any atom is 0.0478 e. The zero-order chi connectivity index (χ0) is 10.5. The average Bonchev–Trinajstić information content (AvgIpc) is 2.21. The summed E-state index contributed by atoms with van der Waals surface area (Å²) in [4.78, 5) is 0. The first-order valence-corrected chi connectivity index (χ1v) is 5.94. The Balaban J connectivity index is 2.88. The summed E-state index contributed by atoms with van der Waals surface area (Å²) in [5.74, 6) is 0.599. The van der Waals surface area contributed by atoms with Crippen LogP contribution in [0.1, 0.15) is 26.2 Å². The molecule has 0 saturated carbocycles. The maximum atomic E-state index is 5.48. The van der Waals surface area contributed by atoms with Gasteiger partial charge in [-0.05, 0) is 19.4 Å². The Morgan fingerprint density at radius 2 is 2.00 bits per heavy atom. The SMILES string of the molecule is CCCCOCCCNC/C=C/CCl. The average molecular weight is 220 g/mol. The van der Waals surface area contributed by atoms with Gasteiger partial charge in [-0.15, -0.1) is 11.6 Å². The highest BCUT2D eigenvalue weighted by atomic mass is 35.5. The third kappa shape index (κ3) is 11.9. The normalized spacial score (nSPS) is 11.3. The molecule has 0 aromatic carbocycles. The molecule has 0 rings (SSSR count). The third-order valence-electron chi connectivity index (χ3n) is 1.80. The van der Waals surface area contributed by atoms with E-state index in [9.17, 15) is 0 Å². The molecule has 0 spiro atoms. The quantitative estimate of drug-likeness (QED) is 0.347. The van der Waals surface area contributed by atoms with Crippen LogP contribution in [0.4, 0.5) is 0 Å². The summed E-state index contributed by atoms with van der Waals surface area (Å²) >= 11 is 5.48. The first kappa shape index (κ1) is 13.9. The molecule has 0 heterocycles. The minimum atomic E-state index is 0.599. The molecule has 0 aromatic rings. The van der Waals surface area contributed by atoms with Crippen molar-refractivity contribution in [3.05, 3.63) is 12.2 Å². The van der Waals surface area contributed by atoms with Gasteiger partial charge in [0.2, 0.25) is 0 Å². The van der Waals surface area contributed by atoms with Crippen LogP contribution in [0.5, 0.6) is 0 Å². The summed E-state index contributed by atoms with van der Waals surface area (Å²) in [6, 6.07) is 0. The topological polar surface area (TPSA) is 21.3 Å². The van der Waals surface area contributed by atoms with Crippen LogP contribution in [0.25, 0.3) is 0 Å². The molecule has 0 saturated heterocycles. The summed E-state index contributed by atoms with van der Waals surface area (Å²) in [5.41, 5.74) is 0. The molecule has 0 aliphatic heterocycles. The number of unbranched alkanes of at least 4 members (excludes halogenated alkanes) is 1. The maximum absolute atomic E-state index is 5.48. The zero-order valence-corrected chi connectivity index (χ0v) is 9.85. The summed E-state index contributed by atoms with van der Waals surface area (Å²) < 4.78 is 5.42. The molecule has 0 aromatic heterocycles. The van der Waals surface area contributed by atoms with E-state index in [0.717, 1.165) is 32.7 Å². The second kappa shape index (κ2) is 12.9. The van der Waals surface area contributed by atoms with Crippen molar-refractivity contribution in [3.63, 3.8) is 0 Å². The first-order valence-electron chi connectivity index (χ1n) is 5.41. The summed E-state index contributed by atoms with van der Waals surface area (Å²) in [7, 11) is 0. The molecule has 0 aliphatic rings. The Morgan fingerprint density at radius 3 is 2.71 bits per heavy atom. The Morgan fingerprint density at radius 1 is 1.21 bits per heavy atom. The number of rotatable bonds is 10. The Kier molecular flexibility index (Phi) is 12.9. The van der Waals surface area contributed by atoms with E-state index in [1.54, 1.807) is 0 Å². The van der Waals surface area contributed by atoms with E-state index >= 15 is 0 Å². The lowest BCUT2D eigenvalue weighted by molar-refractivity contribution is 0.129. The number of allylic oxidation sites excluding steroid dienone is 1. The number of ether oxygens (including phenoxy) is 1. The van der Waals surface area contributed by atoms with E-state index in [4.69, 9.17) is 16.3 Å². The van der Waals surface area contributed by atoms with Crippen molar-refractivity contribution in [1.82, 2.24) is 5.32 Å². The van der Waals surface area contributed by atoms with Crippen molar-refractivity contribution < 1.29 is 4.74 Å². The molecule has 0 amide bonds. The van der Waals surface area contributed by atoms with E-state index in [-0.39, 0.29) is 0 Å². The fourth-order valence-electron chi connectivity index (χ4n) is 0.979. The predicted octanol–water partition coefficient (Wildman–Crippen LogP) is 2.58. The van der Waals surface area contributed by atoms with Gasteiger partial charge in [-0.2, -0.15) is 0 Å². The van der Waals surface area contributed by atoms with Gasteiger partial charge >= 0.3 is 0 Å². The molecule has 14 heavy (non-hydrogen) atoms. The van der Waals surface area contributed by atoms with Crippen LogP contribution in [0, 0.1) is 0 Å². The van der Waals surface area contributed by atoms with Gasteiger partial charge in [-0.1, -0.05) is 25.5 Å². The molecular formula is C11H22ClNO. The largest absolute Gasteiger partial charge is 0.381 e. The lowest BCUT2D eigenvalue weighted by Crippen LogP contribution is -2.16. The van der Waals surface area contributed by atoms with E-state index in [0.29, 0.717) is 5.88 Å². The molecule has 0 unspecified atom stereocenters. The van der Waals surface area contributed by atoms with Crippen LogP contribution in [-0.4, -0.2) is 32.2 Å². The van der Waals surface area contributed by atoms with Crippen LogP contribution in [0.2, 0.25) is 0 Å². The molecule has 0 aliphatic carbocycles. The highest BCUT2D eigenvalue weighted by Crippen LogP contribution is 1.88. The van der Waals surface area contributed by atoms with Crippen molar-refractivity contribution >= 4 is 11.6 Å². The van der Waals surface area contributed by atoms with Gasteiger partial charge in [0.1, 0.15) is 0 Å². The summed E-state index contributed by atoms with van der Waals surface area (Å²) in [6.45, 7) is 5.86.